The Balaban J connectivity index is 2.09. The van der Waals surface area contributed by atoms with Crippen LogP contribution < -0.4 is 0 Å². The highest BCUT2D eigenvalue weighted by Crippen LogP contribution is 2.24. The maximum atomic E-state index is 13.6. The topological polar surface area (TPSA) is 57.6 Å². The molecule has 0 bridgehead atoms. The Morgan fingerprint density at radius 3 is 2.71 bits per heavy atom. The number of carboxylic acid groups (broad SMARTS) is 1. The summed E-state index contributed by atoms with van der Waals surface area (Å²) >= 11 is 5.87. The number of hydrogen-bond donors (Lipinski definition) is 1. The predicted octanol–water partition coefficient (Wildman–Crippen LogP) is 2.67. The molecule has 2 rings (SSSR count). The highest BCUT2D eigenvalue weighted by molar-refractivity contribution is 6.32. The summed E-state index contributed by atoms with van der Waals surface area (Å²) in [6.07, 6.45) is 2.54. The van der Waals surface area contributed by atoms with Crippen molar-refractivity contribution in [3.8, 4) is 0 Å². The van der Waals surface area contributed by atoms with Crippen LogP contribution in [-0.4, -0.2) is 35.0 Å². The van der Waals surface area contributed by atoms with Gasteiger partial charge in [0.1, 0.15) is 5.82 Å². The molecule has 1 fully saturated rings. The van der Waals surface area contributed by atoms with Crippen molar-refractivity contribution >= 4 is 29.6 Å². The summed E-state index contributed by atoms with van der Waals surface area (Å²) in [6, 6.07) is 4.28. The van der Waals surface area contributed by atoms with Crippen LogP contribution in [0.3, 0.4) is 0 Å². The molecule has 0 spiro atoms. The van der Waals surface area contributed by atoms with Gasteiger partial charge in [-0.3, -0.25) is 9.59 Å². The number of carbonyl (C=O) groups excluding carboxylic acids is 1. The third kappa shape index (κ3) is 3.42. The fourth-order valence-corrected chi connectivity index (χ4v) is 2.62. The summed E-state index contributed by atoms with van der Waals surface area (Å²) in [6.45, 7) is 2.35. The molecule has 0 aliphatic carbocycles. The number of aliphatic carboxylic acids is 1. The van der Waals surface area contributed by atoms with Crippen LogP contribution in [0.1, 0.15) is 12.5 Å². The summed E-state index contributed by atoms with van der Waals surface area (Å²) in [5.74, 6) is -2.41. The Kier molecular flexibility index (Phi) is 4.63. The van der Waals surface area contributed by atoms with E-state index in [4.69, 9.17) is 16.7 Å². The van der Waals surface area contributed by atoms with Gasteiger partial charge < -0.3 is 10.0 Å². The molecule has 1 aliphatic heterocycles. The molecule has 1 heterocycles. The molecule has 0 aromatic heterocycles. The first-order valence-corrected chi connectivity index (χ1v) is 6.91. The number of hydrogen-bond acceptors (Lipinski definition) is 2. The van der Waals surface area contributed by atoms with Crippen molar-refractivity contribution in [3.05, 3.63) is 40.7 Å². The van der Waals surface area contributed by atoms with E-state index in [1.165, 1.54) is 35.3 Å². The van der Waals surface area contributed by atoms with E-state index in [9.17, 15) is 14.0 Å². The first kappa shape index (κ1) is 15.5. The number of amides is 1. The molecule has 6 heteroatoms. The van der Waals surface area contributed by atoms with Gasteiger partial charge in [0.25, 0.3) is 0 Å². The SMILES string of the molecule is C[C@@H]1CN(C(=O)/C=C/c2c(F)cccc2Cl)C[C@H]1C(=O)O. The molecule has 4 nitrogen and oxygen atoms in total. The van der Waals surface area contributed by atoms with E-state index in [0.717, 1.165) is 0 Å². The molecule has 1 aromatic rings. The van der Waals surface area contributed by atoms with E-state index < -0.39 is 17.7 Å². The van der Waals surface area contributed by atoms with E-state index in [1.54, 1.807) is 6.92 Å². The van der Waals surface area contributed by atoms with Crippen LogP contribution in [0.2, 0.25) is 5.02 Å². The summed E-state index contributed by atoms with van der Waals surface area (Å²) in [5.41, 5.74) is 0.148. The smallest absolute Gasteiger partial charge is 0.308 e. The van der Waals surface area contributed by atoms with Crippen LogP contribution in [0.15, 0.2) is 24.3 Å². The standard InChI is InChI=1S/C15H15ClFNO3/c1-9-7-18(8-11(9)15(20)21)14(19)6-5-10-12(16)3-2-4-13(10)17/h2-6,9,11H,7-8H2,1H3,(H,20,21)/b6-5+/t9-,11-/m1/s1. The van der Waals surface area contributed by atoms with Crippen molar-refractivity contribution in [2.75, 3.05) is 13.1 Å². The van der Waals surface area contributed by atoms with E-state index in [2.05, 4.69) is 0 Å². The van der Waals surface area contributed by atoms with Crippen molar-refractivity contribution in [2.45, 2.75) is 6.92 Å². The average Bonchev–Trinajstić information content (AvgIpc) is 2.80. The molecule has 2 atom stereocenters. The fourth-order valence-electron chi connectivity index (χ4n) is 2.40. The highest BCUT2D eigenvalue weighted by atomic mass is 35.5. The summed E-state index contributed by atoms with van der Waals surface area (Å²) in [5, 5.41) is 9.26. The predicted molar refractivity (Wildman–Crippen MR) is 77.3 cm³/mol. The molecular formula is C15H15ClFNO3. The third-order valence-electron chi connectivity index (χ3n) is 3.63. The Morgan fingerprint density at radius 2 is 2.14 bits per heavy atom. The van der Waals surface area contributed by atoms with Crippen molar-refractivity contribution in [2.24, 2.45) is 11.8 Å². The molecule has 0 radical (unpaired) electrons. The lowest BCUT2D eigenvalue weighted by Gasteiger charge is -2.13. The van der Waals surface area contributed by atoms with Gasteiger partial charge in [-0.25, -0.2) is 4.39 Å². The largest absolute Gasteiger partial charge is 0.481 e. The minimum atomic E-state index is -0.904. The molecule has 21 heavy (non-hydrogen) atoms. The molecule has 1 saturated heterocycles. The lowest BCUT2D eigenvalue weighted by molar-refractivity contribution is -0.142. The number of carbonyl (C=O) groups is 2. The van der Waals surface area contributed by atoms with Crippen molar-refractivity contribution in [3.63, 3.8) is 0 Å². The number of rotatable bonds is 3. The second kappa shape index (κ2) is 6.26. The van der Waals surface area contributed by atoms with Gasteiger partial charge in [-0.15, -0.1) is 0 Å². The average molecular weight is 312 g/mol. The molecular weight excluding hydrogens is 297 g/mol. The van der Waals surface area contributed by atoms with Gasteiger partial charge in [-0.2, -0.15) is 0 Å². The monoisotopic (exact) mass is 311 g/mol. The van der Waals surface area contributed by atoms with Crippen LogP contribution >= 0.6 is 11.6 Å². The number of benzene rings is 1. The van der Waals surface area contributed by atoms with Gasteiger partial charge in [-0.1, -0.05) is 24.6 Å². The first-order valence-electron chi connectivity index (χ1n) is 6.54. The lowest BCUT2D eigenvalue weighted by Crippen LogP contribution is -2.28. The maximum absolute atomic E-state index is 13.6. The highest BCUT2D eigenvalue weighted by Gasteiger charge is 2.36. The van der Waals surface area contributed by atoms with Crippen LogP contribution in [0.25, 0.3) is 6.08 Å². The second-order valence-electron chi connectivity index (χ2n) is 5.13. The number of likely N-dealkylation sites (tertiary alicyclic amines) is 1. The van der Waals surface area contributed by atoms with Gasteiger partial charge in [0.15, 0.2) is 0 Å². The zero-order valence-electron chi connectivity index (χ0n) is 11.4. The zero-order valence-corrected chi connectivity index (χ0v) is 12.2. The summed E-state index contributed by atoms with van der Waals surface area (Å²) < 4.78 is 13.6. The molecule has 112 valence electrons. The number of carboxylic acids is 1. The Hall–Kier alpha value is -1.88. The van der Waals surface area contributed by atoms with E-state index in [0.29, 0.717) is 6.54 Å². The second-order valence-corrected chi connectivity index (χ2v) is 5.54. The van der Waals surface area contributed by atoms with E-state index in [1.807, 2.05) is 0 Å². The zero-order chi connectivity index (χ0) is 15.6. The normalized spacial score (nSPS) is 22.0. The van der Waals surface area contributed by atoms with Crippen molar-refractivity contribution in [1.82, 2.24) is 4.90 Å². The summed E-state index contributed by atoms with van der Waals surface area (Å²) in [7, 11) is 0. The Labute approximate surface area is 126 Å². The lowest BCUT2D eigenvalue weighted by atomic mass is 9.99. The van der Waals surface area contributed by atoms with Crippen LogP contribution in [-0.2, 0) is 9.59 Å². The van der Waals surface area contributed by atoms with Gasteiger partial charge in [0.2, 0.25) is 5.91 Å². The van der Waals surface area contributed by atoms with Crippen LogP contribution in [0.5, 0.6) is 0 Å². The molecule has 0 unspecified atom stereocenters. The first-order chi connectivity index (χ1) is 9.90. The van der Waals surface area contributed by atoms with Crippen molar-refractivity contribution in [1.29, 1.82) is 0 Å². The Bertz CT molecular complexity index is 582. The number of nitrogens with zero attached hydrogens (tertiary/aromatic N) is 1. The molecule has 1 amide bonds. The minimum absolute atomic E-state index is 0.100. The van der Waals surface area contributed by atoms with Gasteiger partial charge >= 0.3 is 5.97 Å². The number of halogens is 2. The third-order valence-corrected chi connectivity index (χ3v) is 3.96. The van der Waals surface area contributed by atoms with Crippen LogP contribution in [0.4, 0.5) is 4.39 Å². The molecule has 1 aliphatic rings. The molecule has 1 N–H and O–H groups in total. The molecule has 1 aromatic carbocycles. The summed E-state index contributed by atoms with van der Waals surface area (Å²) in [4.78, 5) is 24.5. The Morgan fingerprint density at radius 1 is 1.43 bits per heavy atom. The molecule has 0 saturated carbocycles. The van der Waals surface area contributed by atoms with Crippen LogP contribution in [0, 0.1) is 17.7 Å². The van der Waals surface area contributed by atoms with Gasteiger partial charge in [0.05, 0.1) is 10.9 Å². The van der Waals surface area contributed by atoms with Gasteiger partial charge in [0, 0.05) is 24.7 Å². The van der Waals surface area contributed by atoms with Gasteiger partial charge in [-0.05, 0) is 24.1 Å². The maximum Gasteiger partial charge on any atom is 0.308 e. The minimum Gasteiger partial charge on any atom is -0.481 e. The van der Waals surface area contributed by atoms with Crippen molar-refractivity contribution < 1.29 is 19.1 Å². The van der Waals surface area contributed by atoms with E-state index in [-0.39, 0.29) is 29.0 Å². The fraction of sp³-hybridized carbons (Fsp3) is 0.333. The quantitative estimate of drug-likeness (QED) is 0.873. The van der Waals surface area contributed by atoms with E-state index >= 15 is 0 Å².